The summed E-state index contributed by atoms with van der Waals surface area (Å²) in [7, 11) is 0. The monoisotopic (exact) mass is 436 g/mol. The quantitative estimate of drug-likeness (QED) is 0.580. The van der Waals surface area contributed by atoms with Crippen LogP contribution in [0.5, 0.6) is 0 Å². The van der Waals surface area contributed by atoms with Gasteiger partial charge in [0.1, 0.15) is 0 Å². The zero-order valence-corrected chi connectivity index (χ0v) is 18.2. The highest BCUT2D eigenvalue weighted by Gasteiger charge is 2.18. The van der Waals surface area contributed by atoms with Gasteiger partial charge in [0, 0.05) is 28.5 Å². The minimum absolute atomic E-state index is 0.0596. The average Bonchev–Trinajstić information content (AvgIpc) is 3.26. The third-order valence-corrected chi connectivity index (χ3v) is 5.83. The van der Waals surface area contributed by atoms with E-state index in [0.717, 1.165) is 24.1 Å². The summed E-state index contributed by atoms with van der Waals surface area (Å²) in [6, 6.07) is 12.8. The van der Waals surface area contributed by atoms with Crippen molar-refractivity contribution in [1.29, 1.82) is 0 Å². The summed E-state index contributed by atoms with van der Waals surface area (Å²) in [5.74, 6) is -0.327. The molecule has 1 fully saturated rings. The van der Waals surface area contributed by atoms with Crippen LogP contribution in [-0.4, -0.2) is 27.6 Å². The van der Waals surface area contributed by atoms with Gasteiger partial charge in [-0.1, -0.05) is 36.9 Å². The highest BCUT2D eigenvalue weighted by Crippen LogP contribution is 2.21. The van der Waals surface area contributed by atoms with Crippen molar-refractivity contribution in [3.63, 3.8) is 0 Å². The maximum Gasteiger partial charge on any atom is 0.258 e. The van der Waals surface area contributed by atoms with E-state index in [2.05, 4.69) is 15.7 Å². The number of rotatable bonds is 5. The molecule has 2 N–H and O–H groups in total. The molecule has 1 saturated carbocycles. The molecule has 6 nitrogen and oxygen atoms in total. The Hall–Kier alpha value is -3.12. The third-order valence-electron chi connectivity index (χ3n) is 5.59. The fourth-order valence-corrected chi connectivity index (χ4v) is 4.04. The van der Waals surface area contributed by atoms with Gasteiger partial charge in [0.2, 0.25) is 0 Å². The second-order valence-corrected chi connectivity index (χ2v) is 8.38. The van der Waals surface area contributed by atoms with Crippen molar-refractivity contribution in [2.45, 2.75) is 45.1 Å². The molecule has 1 aliphatic carbocycles. The lowest BCUT2D eigenvalue weighted by molar-refractivity contribution is 0.0927. The van der Waals surface area contributed by atoms with Crippen molar-refractivity contribution < 1.29 is 9.59 Å². The minimum Gasteiger partial charge on any atom is -0.349 e. The van der Waals surface area contributed by atoms with Gasteiger partial charge < -0.3 is 10.6 Å². The van der Waals surface area contributed by atoms with E-state index in [4.69, 9.17) is 11.6 Å². The molecule has 1 heterocycles. The van der Waals surface area contributed by atoms with Crippen LogP contribution in [0.4, 0.5) is 5.69 Å². The predicted octanol–water partition coefficient (Wildman–Crippen LogP) is 5.15. The van der Waals surface area contributed by atoms with Gasteiger partial charge in [0.05, 0.1) is 17.4 Å². The van der Waals surface area contributed by atoms with Crippen LogP contribution in [0.1, 0.15) is 58.4 Å². The molecule has 0 aliphatic heterocycles. The number of anilines is 1. The standard InChI is InChI=1S/C24H25ClN4O2/c1-16-12-17(23(30)27-20-7-3-2-4-8-20)10-11-22(16)28-24(31)18-14-26-29(15-18)21-9-5-6-19(25)13-21/h5-6,9-15,20H,2-4,7-8H2,1H3,(H,27,30)(H,28,31). The number of nitrogens with zero attached hydrogens (tertiary/aromatic N) is 2. The molecule has 0 spiro atoms. The minimum atomic E-state index is -0.268. The number of aryl methyl sites for hydroxylation is 1. The summed E-state index contributed by atoms with van der Waals surface area (Å²) in [6.07, 6.45) is 8.84. The molecule has 160 valence electrons. The summed E-state index contributed by atoms with van der Waals surface area (Å²) < 4.78 is 1.60. The van der Waals surface area contributed by atoms with Gasteiger partial charge in [-0.05, 0) is 61.7 Å². The summed E-state index contributed by atoms with van der Waals surface area (Å²) in [5, 5.41) is 10.9. The lowest BCUT2D eigenvalue weighted by Crippen LogP contribution is -2.36. The van der Waals surface area contributed by atoms with Crippen LogP contribution in [0.15, 0.2) is 54.9 Å². The van der Waals surface area contributed by atoms with Crippen molar-refractivity contribution in [1.82, 2.24) is 15.1 Å². The predicted molar refractivity (Wildman–Crippen MR) is 122 cm³/mol. The smallest absolute Gasteiger partial charge is 0.258 e. The van der Waals surface area contributed by atoms with Crippen molar-refractivity contribution in [2.24, 2.45) is 0 Å². The maximum atomic E-state index is 12.7. The first-order valence-electron chi connectivity index (χ1n) is 10.5. The van der Waals surface area contributed by atoms with E-state index in [-0.39, 0.29) is 17.9 Å². The summed E-state index contributed by atoms with van der Waals surface area (Å²) in [4.78, 5) is 25.3. The molecule has 31 heavy (non-hydrogen) atoms. The zero-order valence-electron chi connectivity index (χ0n) is 17.4. The van der Waals surface area contributed by atoms with Gasteiger partial charge in [-0.3, -0.25) is 9.59 Å². The number of nitrogens with one attached hydrogen (secondary N) is 2. The number of hydrogen-bond donors (Lipinski definition) is 2. The van der Waals surface area contributed by atoms with Gasteiger partial charge in [-0.2, -0.15) is 5.10 Å². The molecule has 4 rings (SSSR count). The lowest BCUT2D eigenvalue weighted by atomic mass is 9.95. The summed E-state index contributed by atoms with van der Waals surface area (Å²) in [6.45, 7) is 1.88. The fraction of sp³-hybridized carbons (Fsp3) is 0.292. The Bertz CT molecular complexity index is 1100. The molecule has 1 aliphatic rings. The van der Waals surface area contributed by atoms with Gasteiger partial charge in [-0.15, -0.1) is 0 Å². The van der Waals surface area contributed by atoms with Crippen molar-refractivity contribution >= 4 is 29.1 Å². The maximum absolute atomic E-state index is 12.7. The third kappa shape index (κ3) is 5.14. The Morgan fingerprint density at radius 1 is 1.03 bits per heavy atom. The zero-order chi connectivity index (χ0) is 21.8. The highest BCUT2D eigenvalue weighted by molar-refractivity contribution is 6.30. The Labute approximate surface area is 186 Å². The molecule has 3 aromatic rings. The molecular formula is C24H25ClN4O2. The second kappa shape index (κ2) is 9.35. The van der Waals surface area contributed by atoms with Crippen LogP contribution in [0, 0.1) is 6.92 Å². The van der Waals surface area contributed by atoms with E-state index in [1.807, 2.05) is 25.1 Å². The average molecular weight is 437 g/mol. The van der Waals surface area contributed by atoms with E-state index in [1.165, 1.54) is 25.5 Å². The van der Waals surface area contributed by atoms with E-state index in [0.29, 0.717) is 21.8 Å². The first-order valence-corrected chi connectivity index (χ1v) is 10.9. The Kier molecular flexibility index (Phi) is 6.37. The molecule has 2 amide bonds. The highest BCUT2D eigenvalue weighted by atomic mass is 35.5. The van der Waals surface area contributed by atoms with Crippen LogP contribution in [-0.2, 0) is 0 Å². The molecule has 2 aromatic carbocycles. The fourth-order valence-electron chi connectivity index (χ4n) is 3.86. The van der Waals surface area contributed by atoms with E-state index in [1.54, 1.807) is 35.1 Å². The van der Waals surface area contributed by atoms with Gasteiger partial charge >= 0.3 is 0 Å². The molecular weight excluding hydrogens is 412 g/mol. The number of halogens is 1. The molecule has 0 bridgehead atoms. The van der Waals surface area contributed by atoms with Crippen LogP contribution in [0.2, 0.25) is 5.02 Å². The molecule has 7 heteroatoms. The summed E-state index contributed by atoms with van der Waals surface area (Å²) >= 11 is 6.03. The SMILES string of the molecule is Cc1cc(C(=O)NC2CCCCC2)ccc1NC(=O)c1cnn(-c2cccc(Cl)c2)c1. The number of aromatic nitrogens is 2. The Morgan fingerprint density at radius 3 is 2.58 bits per heavy atom. The van der Waals surface area contributed by atoms with Crippen LogP contribution in [0.25, 0.3) is 5.69 Å². The van der Waals surface area contributed by atoms with Gasteiger partial charge in [0.25, 0.3) is 11.8 Å². The second-order valence-electron chi connectivity index (χ2n) is 7.95. The van der Waals surface area contributed by atoms with E-state index < -0.39 is 0 Å². The van der Waals surface area contributed by atoms with Gasteiger partial charge in [0.15, 0.2) is 0 Å². The largest absolute Gasteiger partial charge is 0.349 e. The van der Waals surface area contributed by atoms with Crippen LogP contribution >= 0.6 is 11.6 Å². The van der Waals surface area contributed by atoms with Crippen molar-refractivity contribution in [2.75, 3.05) is 5.32 Å². The Balaban J connectivity index is 1.42. The van der Waals surface area contributed by atoms with Crippen molar-refractivity contribution in [3.05, 3.63) is 76.6 Å². The molecule has 0 atom stereocenters. The van der Waals surface area contributed by atoms with Gasteiger partial charge in [-0.25, -0.2) is 4.68 Å². The first kappa shape index (κ1) is 21.1. The normalized spacial score (nSPS) is 14.3. The van der Waals surface area contributed by atoms with E-state index >= 15 is 0 Å². The number of carbonyl (C=O) groups is 2. The van der Waals surface area contributed by atoms with Crippen molar-refractivity contribution in [3.8, 4) is 5.69 Å². The number of carbonyl (C=O) groups excluding carboxylic acids is 2. The molecule has 1 aromatic heterocycles. The topological polar surface area (TPSA) is 76.0 Å². The number of benzene rings is 2. The van der Waals surface area contributed by atoms with E-state index in [9.17, 15) is 9.59 Å². The van der Waals surface area contributed by atoms with Crippen LogP contribution < -0.4 is 10.6 Å². The molecule has 0 unspecified atom stereocenters. The Morgan fingerprint density at radius 2 is 1.84 bits per heavy atom. The van der Waals surface area contributed by atoms with Crippen LogP contribution in [0.3, 0.4) is 0 Å². The molecule has 0 radical (unpaired) electrons. The lowest BCUT2D eigenvalue weighted by Gasteiger charge is -2.23. The molecule has 0 saturated heterocycles. The summed E-state index contributed by atoms with van der Waals surface area (Å²) in [5.41, 5.74) is 3.30. The first-order chi connectivity index (χ1) is 15.0. The number of hydrogen-bond acceptors (Lipinski definition) is 3. The number of amides is 2.